The third-order valence-electron chi connectivity index (χ3n) is 5.75. The van der Waals surface area contributed by atoms with E-state index >= 15 is 0 Å². The van der Waals surface area contributed by atoms with Crippen molar-refractivity contribution in [3.63, 3.8) is 0 Å². The predicted octanol–water partition coefficient (Wildman–Crippen LogP) is 2.48. The minimum absolute atomic E-state index is 0.00388. The molecular weight excluding hydrogens is 436 g/mol. The quantitative estimate of drug-likeness (QED) is 0.528. The number of hydrogen-bond acceptors (Lipinski definition) is 7. The number of anilines is 1. The number of pyridine rings is 1. The average Bonchev–Trinajstić information content (AvgIpc) is 2.99. The van der Waals surface area contributed by atoms with Gasteiger partial charge in [-0.25, -0.2) is 0 Å². The summed E-state index contributed by atoms with van der Waals surface area (Å²) < 4.78 is 1.78. The molecule has 8 nitrogen and oxygen atoms in total. The fraction of sp³-hybridized carbons (Fsp3) is 0.476. The highest BCUT2D eigenvalue weighted by atomic mass is 32.2. The van der Waals surface area contributed by atoms with Gasteiger partial charge in [-0.1, -0.05) is 30.9 Å². The van der Waals surface area contributed by atoms with Crippen molar-refractivity contribution in [2.45, 2.75) is 33.1 Å². The number of hydrogen-bond donors (Lipinski definition) is 1. The molecule has 0 radical (unpaired) electrons. The highest BCUT2D eigenvalue weighted by Crippen LogP contribution is 2.36. The van der Waals surface area contributed by atoms with E-state index in [9.17, 15) is 19.6 Å². The lowest BCUT2D eigenvalue weighted by molar-refractivity contribution is -0.137. The first kappa shape index (κ1) is 23.0. The second-order valence-electron chi connectivity index (χ2n) is 7.86. The molecule has 2 aliphatic heterocycles. The lowest BCUT2D eigenvalue weighted by Gasteiger charge is -2.34. The fourth-order valence-electron chi connectivity index (χ4n) is 3.85. The third kappa shape index (κ3) is 4.52. The molecule has 0 spiro atoms. The van der Waals surface area contributed by atoms with Crippen LogP contribution in [0, 0.1) is 24.2 Å². The van der Waals surface area contributed by atoms with Gasteiger partial charge in [-0.05, 0) is 37.3 Å². The van der Waals surface area contributed by atoms with Crippen LogP contribution in [-0.2, 0) is 16.6 Å². The molecule has 0 aliphatic carbocycles. The minimum Gasteiger partial charge on any atom is -0.481 e. The van der Waals surface area contributed by atoms with Crippen LogP contribution >= 0.6 is 24.0 Å². The van der Waals surface area contributed by atoms with Crippen LogP contribution in [0.1, 0.15) is 42.9 Å². The van der Waals surface area contributed by atoms with Crippen molar-refractivity contribution in [3.8, 4) is 6.07 Å². The number of thioether (sulfide) groups is 1. The van der Waals surface area contributed by atoms with Crippen molar-refractivity contribution in [3.05, 3.63) is 31.9 Å². The number of carbonyl (C=O) groups excluding carboxylic acids is 1. The molecule has 1 amide bonds. The van der Waals surface area contributed by atoms with E-state index in [-0.39, 0.29) is 30.0 Å². The Morgan fingerprint density at radius 2 is 2.00 bits per heavy atom. The van der Waals surface area contributed by atoms with Crippen LogP contribution in [0.4, 0.5) is 5.82 Å². The van der Waals surface area contributed by atoms with Crippen molar-refractivity contribution < 1.29 is 14.7 Å². The molecule has 3 heterocycles. The number of nitrogens with zero attached hydrogens (tertiary/aromatic N) is 4. The first-order valence-corrected chi connectivity index (χ1v) is 11.2. The number of piperidine rings is 1. The zero-order valence-corrected chi connectivity index (χ0v) is 19.3. The van der Waals surface area contributed by atoms with Crippen LogP contribution in [-0.4, -0.2) is 50.4 Å². The molecule has 2 saturated heterocycles. The largest absolute Gasteiger partial charge is 0.481 e. The Morgan fingerprint density at radius 3 is 2.58 bits per heavy atom. The van der Waals surface area contributed by atoms with Crippen LogP contribution in [0.3, 0.4) is 0 Å². The van der Waals surface area contributed by atoms with E-state index in [0.29, 0.717) is 32.1 Å². The molecule has 1 N–H and O–H groups in total. The highest BCUT2D eigenvalue weighted by molar-refractivity contribution is 8.26. The Kier molecular flexibility index (Phi) is 6.86. The maximum Gasteiger partial charge on any atom is 0.305 e. The first-order chi connectivity index (χ1) is 14.6. The molecule has 2 fully saturated rings. The van der Waals surface area contributed by atoms with Gasteiger partial charge in [-0.2, -0.15) is 5.26 Å². The van der Waals surface area contributed by atoms with Crippen molar-refractivity contribution in [1.29, 1.82) is 5.26 Å². The SMILES string of the molecule is Cc1c(/C=C2\SC(=S)N(CCC(=O)O)C2=O)c(N2CCC(C)CC2)n(C)c(=O)c1C#N. The van der Waals surface area contributed by atoms with Gasteiger partial charge in [0.05, 0.1) is 11.3 Å². The summed E-state index contributed by atoms with van der Waals surface area (Å²) in [5.74, 6) is -0.0840. The molecule has 0 unspecified atom stereocenters. The van der Waals surface area contributed by atoms with Crippen LogP contribution < -0.4 is 10.5 Å². The molecule has 0 saturated carbocycles. The van der Waals surface area contributed by atoms with Crippen LogP contribution in [0.25, 0.3) is 6.08 Å². The summed E-state index contributed by atoms with van der Waals surface area (Å²) in [4.78, 5) is 40.3. The second kappa shape index (κ2) is 9.24. The van der Waals surface area contributed by atoms with Crippen molar-refractivity contribution in [2.24, 2.45) is 13.0 Å². The van der Waals surface area contributed by atoms with Crippen molar-refractivity contribution in [2.75, 3.05) is 24.5 Å². The molecule has 10 heteroatoms. The Hall–Kier alpha value is -2.64. The van der Waals surface area contributed by atoms with Gasteiger partial charge >= 0.3 is 5.97 Å². The predicted molar refractivity (Wildman–Crippen MR) is 124 cm³/mol. The number of rotatable bonds is 5. The van der Waals surface area contributed by atoms with Gasteiger partial charge in [0, 0.05) is 32.2 Å². The summed E-state index contributed by atoms with van der Waals surface area (Å²) in [7, 11) is 1.64. The van der Waals surface area contributed by atoms with E-state index in [2.05, 4.69) is 11.8 Å². The second-order valence-corrected chi connectivity index (χ2v) is 9.54. The van der Waals surface area contributed by atoms with Crippen molar-refractivity contribution >= 4 is 52.1 Å². The Morgan fingerprint density at radius 1 is 1.35 bits per heavy atom. The number of nitriles is 1. The molecule has 2 aliphatic rings. The number of carboxylic acid groups (broad SMARTS) is 1. The summed E-state index contributed by atoms with van der Waals surface area (Å²) in [5, 5.41) is 18.5. The fourth-order valence-corrected chi connectivity index (χ4v) is 5.14. The monoisotopic (exact) mass is 460 g/mol. The smallest absolute Gasteiger partial charge is 0.305 e. The Balaban J connectivity index is 2.10. The van der Waals surface area contributed by atoms with E-state index in [0.717, 1.165) is 37.7 Å². The van der Waals surface area contributed by atoms with Gasteiger partial charge in [-0.15, -0.1) is 0 Å². The van der Waals surface area contributed by atoms with E-state index in [1.165, 1.54) is 9.47 Å². The maximum atomic E-state index is 12.9. The third-order valence-corrected chi connectivity index (χ3v) is 7.13. The zero-order valence-electron chi connectivity index (χ0n) is 17.7. The van der Waals surface area contributed by atoms with E-state index in [1.807, 2.05) is 6.07 Å². The molecule has 1 aromatic heterocycles. The number of carbonyl (C=O) groups is 2. The summed E-state index contributed by atoms with van der Waals surface area (Å²) in [5.41, 5.74) is 0.853. The summed E-state index contributed by atoms with van der Waals surface area (Å²) in [6, 6.07) is 1.99. The van der Waals surface area contributed by atoms with Gasteiger partial charge in [0.15, 0.2) is 0 Å². The minimum atomic E-state index is -1.01. The topological polar surface area (TPSA) is 107 Å². The van der Waals surface area contributed by atoms with E-state index in [1.54, 1.807) is 20.0 Å². The zero-order chi connectivity index (χ0) is 22.9. The maximum absolute atomic E-state index is 12.9. The lowest BCUT2D eigenvalue weighted by atomic mass is 9.97. The highest BCUT2D eigenvalue weighted by Gasteiger charge is 2.33. The molecule has 0 aromatic carbocycles. The summed E-state index contributed by atoms with van der Waals surface area (Å²) >= 11 is 6.38. The lowest BCUT2D eigenvalue weighted by Crippen LogP contribution is -2.38. The Bertz CT molecular complexity index is 1080. The van der Waals surface area contributed by atoms with Gasteiger partial charge in [0.25, 0.3) is 11.5 Å². The number of aliphatic carboxylic acids is 1. The summed E-state index contributed by atoms with van der Waals surface area (Å²) in [6.45, 7) is 5.47. The van der Waals surface area contributed by atoms with E-state index < -0.39 is 5.97 Å². The number of carboxylic acids is 1. The van der Waals surface area contributed by atoms with Crippen LogP contribution in [0.15, 0.2) is 9.70 Å². The molecule has 164 valence electrons. The Labute approximate surface area is 190 Å². The molecule has 0 bridgehead atoms. The van der Waals surface area contributed by atoms with Gasteiger partial charge in [0.2, 0.25) is 0 Å². The standard InChI is InChI=1S/C21H24N4O4S2/c1-12-4-7-24(8-5-12)18-14(13(2)15(11-22)19(28)23(18)3)10-16-20(29)25(21(30)31-16)9-6-17(26)27/h10,12H,4-9H2,1-3H3,(H,26,27)/b16-10-. The summed E-state index contributed by atoms with van der Waals surface area (Å²) in [6.07, 6.45) is 3.46. The molecular formula is C21H24N4O4S2. The van der Waals surface area contributed by atoms with Crippen LogP contribution in [0.5, 0.6) is 0 Å². The normalized spacial score (nSPS) is 18.7. The average molecular weight is 461 g/mol. The number of aromatic nitrogens is 1. The van der Waals surface area contributed by atoms with Crippen LogP contribution in [0.2, 0.25) is 0 Å². The number of amides is 1. The van der Waals surface area contributed by atoms with Gasteiger partial charge < -0.3 is 10.0 Å². The van der Waals surface area contributed by atoms with Gasteiger partial charge in [0.1, 0.15) is 21.8 Å². The molecule has 31 heavy (non-hydrogen) atoms. The molecule has 1 aromatic rings. The molecule has 3 rings (SSSR count). The number of thiocarbonyl (C=S) groups is 1. The van der Waals surface area contributed by atoms with E-state index in [4.69, 9.17) is 17.3 Å². The first-order valence-electron chi connectivity index (χ1n) is 10.0. The van der Waals surface area contributed by atoms with Crippen molar-refractivity contribution in [1.82, 2.24) is 9.47 Å². The molecule has 0 atom stereocenters. The van der Waals surface area contributed by atoms with Gasteiger partial charge in [-0.3, -0.25) is 23.9 Å².